The van der Waals surface area contributed by atoms with Gasteiger partial charge < -0.3 is 15.6 Å². The molecule has 0 unspecified atom stereocenters. The van der Waals surface area contributed by atoms with Crippen LogP contribution in [0.3, 0.4) is 0 Å². The van der Waals surface area contributed by atoms with Crippen LogP contribution in [-0.4, -0.2) is 17.1 Å². The summed E-state index contributed by atoms with van der Waals surface area (Å²) in [5, 5.41) is 16.4. The number of carbonyl (C=O) groups is 1. The molecular weight excluding hydrogens is 244 g/mol. The van der Waals surface area contributed by atoms with Crippen LogP contribution in [0.5, 0.6) is 5.75 Å². The van der Waals surface area contributed by atoms with Gasteiger partial charge in [0.15, 0.2) is 0 Å². The lowest BCUT2D eigenvalue weighted by molar-refractivity contribution is 0.0711. The normalized spacial score (nSPS) is 10.2. The first-order valence-electron chi connectivity index (χ1n) is 6.42. The largest absolute Gasteiger partial charge is 0.508 e. The summed E-state index contributed by atoms with van der Waals surface area (Å²) in [6, 6.07) is 3.85. The third kappa shape index (κ3) is 4.99. The fourth-order valence-electron chi connectivity index (χ4n) is 1.88. The van der Waals surface area contributed by atoms with E-state index in [0.29, 0.717) is 12.0 Å². The molecule has 0 fully saturated rings. The summed E-state index contributed by atoms with van der Waals surface area (Å²) >= 11 is 0. The molecule has 1 aromatic rings. The minimum atomic E-state index is -0.655. The highest BCUT2D eigenvalue weighted by molar-refractivity contribution is 5.97. The van der Waals surface area contributed by atoms with E-state index in [2.05, 4.69) is 11.7 Å². The maximum absolute atomic E-state index is 11.8. The van der Waals surface area contributed by atoms with E-state index in [4.69, 9.17) is 11.1 Å². The van der Waals surface area contributed by atoms with E-state index in [1.54, 1.807) is 6.07 Å². The van der Waals surface area contributed by atoms with Crippen LogP contribution in [0.4, 0.5) is 0 Å². The number of nitrogens with two attached hydrogens (primary N) is 1. The third-order valence-corrected chi connectivity index (χ3v) is 2.81. The maximum atomic E-state index is 11.8. The highest BCUT2D eigenvalue weighted by Crippen LogP contribution is 2.20. The smallest absolute Gasteiger partial charge is 0.346 e. The molecule has 0 spiro atoms. The summed E-state index contributed by atoms with van der Waals surface area (Å²) in [6.07, 6.45) is 4.99. The molecule has 1 rings (SSSR count). The molecule has 5 heteroatoms. The topological polar surface area (TPSA) is 96.4 Å². The number of hydrogen-bond acceptors (Lipinski definition) is 4. The molecule has 0 amide bonds. The van der Waals surface area contributed by atoms with Crippen molar-refractivity contribution in [3.63, 3.8) is 0 Å². The first-order valence-corrected chi connectivity index (χ1v) is 6.42. The first-order chi connectivity index (χ1) is 9.04. The molecule has 0 aromatic heterocycles. The molecule has 104 valence electrons. The Kier molecular flexibility index (Phi) is 5.85. The Labute approximate surface area is 112 Å². The highest BCUT2D eigenvalue weighted by Gasteiger charge is 2.14. The summed E-state index contributed by atoms with van der Waals surface area (Å²) in [6.45, 7) is 2.13. The van der Waals surface area contributed by atoms with Gasteiger partial charge in [-0.1, -0.05) is 26.2 Å². The van der Waals surface area contributed by atoms with Crippen LogP contribution in [0.1, 0.15) is 48.5 Å². The highest BCUT2D eigenvalue weighted by atomic mass is 16.5. The zero-order chi connectivity index (χ0) is 14.3. The standard InChI is InChI=1S/C14H20N2O3/c1-2-3-4-5-6-10-9-11(17)7-8-12(10)13(18)19-14(15)16/h7-9,17H,2-6H2,1H3,(H3,15,16). The SMILES string of the molecule is CCCCCCc1cc(O)ccc1C(=O)OC(=N)N. The molecule has 0 saturated carbocycles. The van der Waals surface area contributed by atoms with Crippen molar-refractivity contribution in [3.8, 4) is 5.75 Å². The van der Waals surface area contributed by atoms with Gasteiger partial charge in [0.1, 0.15) is 5.75 Å². The average Bonchev–Trinajstić information content (AvgIpc) is 2.34. The number of esters is 1. The van der Waals surface area contributed by atoms with E-state index in [1.807, 2.05) is 0 Å². The van der Waals surface area contributed by atoms with Crippen molar-refractivity contribution in [2.24, 2.45) is 5.73 Å². The van der Waals surface area contributed by atoms with E-state index in [9.17, 15) is 9.90 Å². The second-order valence-electron chi connectivity index (χ2n) is 4.41. The number of rotatable bonds is 6. The van der Waals surface area contributed by atoms with Gasteiger partial charge >= 0.3 is 5.97 Å². The average molecular weight is 264 g/mol. The minimum Gasteiger partial charge on any atom is -0.508 e. The minimum absolute atomic E-state index is 0.116. The number of hydrogen-bond donors (Lipinski definition) is 3. The number of phenols is 1. The van der Waals surface area contributed by atoms with Crippen LogP contribution in [0, 0.1) is 5.41 Å². The Morgan fingerprint density at radius 2 is 2.11 bits per heavy atom. The molecular formula is C14H20N2O3. The van der Waals surface area contributed by atoms with Gasteiger partial charge in [0.2, 0.25) is 0 Å². The number of aromatic hydroxyl groups is 1. The van der Waals surface area contributed by atoms with Gasteiger partial charge in [-0.05, 0) is 36.6 Å². The second-order valence-corrected chi connectivity index (χ2v) is 4.41. The predicted octanol–water partition coefficient (Wildman–Crippen LogP) is 2.57. The first kappa shape index (κ1) is 15.0. The number of aryl methyl sites for hydroxylation is 1. The van der Waals surface area contributed by atoms with Crippen molar-refractivity contribution in [3.05, 3.63) is 29.3 Å². The van der Waals surface area contributed by atoms with Gasteiger partial charge in [0.25, 0.3) is 6.02 Å². The third-order valence-electron chi connectivity index (χ3n) is 2.81. The van der Waals surface area contributed by atoms with E-state index in [1.165, 1.54) is 12.1 Å². The monoisotopic (exact) mass is 264 g/mol. The summed E-state index contributed by atoms with van der Waals surface area (Å²) in [5.74, 6) is -0.539. The molecule has 0 radical (unpaired) electrons. The molecule has 4 N–H and O–H groups in total. The van der Waals surface area contributed by atoms with E-state index >= 15 is 0 Å². The number of phenolic OH excluding ortho intramolecular Hbond substituents is 1. The molecule has 19 heavy (non-hydrogen) atoms. The number of ether oxygens (including phenoxy) is 1. The van der Waals surface area contributed by atoms with Crippen LogP contribution >= 0.6 is 0 Å². The van der Waals surface area contributed by atoms with Crippen LogP contribution < -0.4 is 5.73 Å². The molecule has 0 aliphatic heterocycles. The van der Waals surface area contributed by atoms with Crippen LogP contribution in [-0.2, 0) is 11.2 Å². The number of unbranched alkanes of at least 4 members (excludes halogenated alkanes) is 3. The van der Waals surface area contributed by atoms with Crippen molar-refractivity contribution < 1.29 is 14.6 Å². The fourth-order valence-corrected chi connectivity index (χ4v) is 1.88. The number of nitrogens with one attached hydrogen (secondary N) is 1. The molecule has 1 aromatic carbocycles. The Morgan fingerprint density at radius 3 is 2.74 bits per heavy atom. The zero-order valence-electron chi connectivity index (χ0n) is 11.1. The van der Waals surface area contributed by atoms with Gasteiger partial charge in [0, 0.05) is 0 Å². The second kappa shape index (κ2) is 7.41. The summed E-state index contributed by atoms with van der Waals surface area (Å²) < 4.78 is 4.58. The van der Waals surface area contributed by atoms with Crippen molar-refractivity contribution in [1.29, 1.82) is 5.41 Å². The summed E-state index contributed by atoms with van der Waals surface area (Å²) in [7, 11) is 0. The molecule has 0 heterocycles. The number of amidine groups is 1. The van der Waals surface area contributed by atoms with Gasteiger partial charge in [-0.3, -0.25) is 5.41 Å². The molecule has 0 bridgehead atoms. The Hall–Kier alpha value is -2.04. The Balaban J connectivity index is 2.79. The molecule has 0 aliphatic carbocycles. The summed E-state index contributed by atoms with van der Waals surface area (Å²) in [5.41, 5.74) is 6.12. The van der Waals surface area contributed by atoms with Gasteiger partial charge in [-0.25, -0.2) is 4.79 Å². The summed E-state index contributed by atoms with van der Waals surface area (Å²) in [4.78, 5) is 11.8. The lowest BCUT2D eigenvalue weighted by atomic mass is 10.0. The van der Waals surface area contributed by atoms with Crippen molar-refractivity contribution in [2.45, 2.75) is 39.0 Å². The van der Waals surface area contributed by atoms with E-state index in [-0.39, 0.29) is 5.75 Å². The zero-order valence-corrected chi connectivity index (χ0v) is 11.1. The fraction of sp³-hybridized carbons (Fsp3) is 0.429. The molecule has 0 saturated heterocycles. The van der Waals surface area contributed by atoms with E-state index < -0.39 is 12.0 Å². The maximum Gasteiger partial charge on any atom is 0.346 e. The quantitative estimate of drug-likeness (QED) is 0.318. The van der Waals surface area contributed by atoms with Crippen molar-refractivity contribution >= 4 is 12.0 Å². The van der Waals surface area contributed by atoms with Crippen LogP contribution in [0.25, 0.3) is 0 Å². The van der Waals surface area contributed by atoms with Crippen LogP contribution in [0.15, 0.2) is 18.2 Å². The predicted molar refractivity (Wildman–Crippen MR) is 73.3 cm³/mol. The Bertz CT molecular complexity index is 458. The lowest BCUT2D eigenvalue weighted by Crippen LogP contribution is -2.20. The molecule has 0 atom stereocenters. The van der Waals surface area contributed by atoms with Gasteiger partial charge in [-0.2, -0.15) is 0 Å². The lowest BCUT2D eigenvalue weighted by Gasteiger charge is -2.09. The number of benzene rings is 1. The van der Waals surface area contributed by atoms with Crippen LogP contribution in [0.2, 0.25) is 0 Å². The van der Waals surface area contributed by atoms with Crippen molar-refractivity contribution in [1.82, 2.24) is 0 Å². The Morgan fingerprint density at radius 1 is 1.37 bits per heavy atom. The number of carbonyl (C=O) groups excluding carboxylic acids is 1. The van der Waals surface area contributed by atoms with E-state index in [0.717, 1.165) is 31.2 Å². The van der Waals surface area contributed by atoms with Crippen molar-refractivity contribution in [2.75, 3.05) is 0 Å². The van der Waals surface area contributed by atoms with Gasteiger partial charge in [-0.15, -0.1) is 0 Å². The molecule has 5 nitrogen and oxygen atoms in total. The molecule has 0 aliphatic rings. The van der Waals surface area contributed by atoms with Gasteiger partial charge in [0.05, 0.1) is 5.56 Å².